The van der Waals surface area contributed by atoms with E-state index in [1.807, 2.05) is 48.5 Å². The highest BCUT2D eigenvalue weighted by atomic mass is 32.2. The van der Waals surface area contributed by atoms with E-state index in [9.17, 15) is 0 Å². The van der Waals surface area contributed by atoms with Crippen molar-refractivity contribution in [3.05, 3.63) is 83.9 Å². The van der Waals surface area contributed by atoms with Gasteiger partial charge in [-0.3, -0.25) is 4.57 Å². The summed E-state index contributed by atoms with van der Waals surface area (Å²) in [5.74, 6) is 4.02. The van der Waals surface area contributed by atoms with Crippen LogP contribution in [-0.4, -0.2) is 28.7 Å². The van der Waals surface area contributed by atoms with Crippen LogP contribution in [0.4, 0.5) is 0 Å². The van der Waals surface area contributed by atoms with Crippen LogP contribution in [0, 0.1) is 0 Å². The zero-order chi connectivity index (χ0) is 21.0. The number of hydrogen-bond acceptors (Lipinski definition) is 6. The molecule has 1 aromatic heterocycles. The van der Waals surface area contributed by atoms with Crippen LogP contribution in [0.15, 0.2) is 78.0 Å². The normalized spacial score (nSPS) is 12.2. The fourth-order valence-corrected chi connectivity index (χ4v) is 4.35. The van der Waals surface area contributed by atoms with Gasteiger partial charge in [-0.25, -0.2) is 0 Å². The molecule has 0 radical (unpaired) electrons. The molecule has 0 bridgehead atoms. The van der Waals surface area contributed by atoms with Crippen molar-refractivity contribution in [1.29, 1.82) is 0 Å². The largest absolute Gasteiger partial charge is 0.497 e. The van der Waals surface area contributed by atoms with Crippen molar-refractivity contribution in [1.82, 2.24) is 14.8 Å². The molecular formula is C24H21N3O3S. The average molecular weight is 432 g/mol. The molecule has 5 rings (SSSR count). The third-order valence-corrected chi connectivity index (χ3v) is 6.07. The first kappa shape index (κ1) is 19.5. The zero-order valence-electron chi connectivity index (χ0n) is 17.0. The molecule has 156 valence electrons. The van der Waals surface area contributed by atoms with Crippen molar-refractivity contribution >= 4 is 11.8 Å². The van der Waals surface area contributed by atoms with Crippen LogP contribution in [0.1, 0.15) is 11.1 Å². The van der Waals surface area contributed by atoms with E-state index in [1.165, 1.54) is 5.56 Å². The summed E-state index contributed by atoms with van der Waals surface area (Å²) < 4.78 is 18.5. The van der Waals surface area contributed by atoms with Crippen molar-refractivity contribution in [2.45, 2.75) is 17.5 Å². The van der Waals surface area contributed by atoms with E-state index in [0.29, 0.717) is 6.54 Å². The second-order valence-electron chi connectivity index (χ2n) is 7.09. The molecule has 1 aliphatic rings. The Labute approximate surface area is 184 Å². The smallest absolute Gasteiger partial charge is 0.231 e. The predicted molar refractivity (Wildman–Crippen MR) is 120 cm³/mol. The van der Waals surface area contributed by atoms with E-state index in [4.69, 9.17) is 14.2 Å². The van der Waals surface area contributed by atoms with E-state index in [0.717, 1.165) is 45.1 Å². The maximum atomic E-state index is 5.55. The van der Waals surface area contributed by atoms with Crippen LogP contribution in [0.5, 0.6) is 17.2 Å². The molecule has 0 spiro atoms. The van der Waals surface area contributed by atoms with Gasteiger partial charge in [0.2, 0.25) is 6.79 Å². The van der Waals surface area contributed by atoms with Crippen molar-refractivity contribution in [2.24, 2.45) is 0 Å². The van der Waals surface area contributed by atoms with Crippen LogP contribution in [0.3, 0.4) is 0 Å². The topological polar surface area (TPSA) is 58.4 Å². The molecular weight excluding hydrogens is 410 g/mol. The van der Waals surface area contributed by atoms with Gasteiger partial charge in [-0.2, -0.15) is 0 Å². The molecule has 3 aromatic carbocycles. The van der Waals surface area contributed by atoms with Gasteiger partial charge in [0.05, 0.1) is 13.7 Å². The van der Waals surface area contributed by atoms with Crippen LogP contribution in [0.25, 0.3) is 11.4 Å². The lowest BCUT2D eigenvalue weighted by Gasteiger charge is -2.11. The maximum absolute atomic E-state index is 5.55. The third kappa shape index (κ3) is 4.22. The summed E-state index contributed by atoms with van der Waals surface area (Å²) in [6.45, 7) is 0.899. The molecule has 0 amide bonds. The van der Waals surface area contributed by atoms with E-state index in [2.05, 4.69) is 39.0 Å². The molecule has 4 aromatic rings. The second-order valence-corrected chi connectivity index (χ2v) is 8.03. The molecule has 0 saturated carbocycles. The number of ether oxygens (including phenoxy) is 3. The Bertz CT molecular complexity index is 1190. The van der Waals surface area contributed by atoms with Gasteiger partial charge >= 0.3 is 0 Å². The highest BCUT2D eigenvalue weighted by Gasteiger charge is 2.18. The second kappa shape index (κ2) is 8.73. The summed E-state index contributed by atoms with van der Waals surface area (Å²) in [6, 6.07) is 24.2. The Morgan fingerprint density at radius 3 is 2.65 bits per heavy atom. The SMILES string of the molecule is COc1cccc(CSc2nnc(-c3ccccc3)n2Cc2ccc3c(c2)OCO3)c1. The summed E-state index contributed by atoms with van der Waals surface area (Å²) in [5.41, 5.74) is 3.30. The molecule has 0 atom stereocenters. The molecule has 2 heterocycles. The molecule has 0 saturated heterocycles. The molecule has 31 heavy (non-hydrogen) atoms. The first-order valence-corrected chi connectivity index (χ1v) is 10.9. The van der Waals surface area contributed by atoms with Gasteiger partial charge in [0.1, 0.15) is 5.75 Å². The van der Waals surface area contributed by atoms with Gasteiger partial charge in [-0.15, -0.1) is 10.2 Å². The number of rotatable bonds is 7. The lowest BCUT2D eigenvalue weighted by atomic mass is 10.2. The van der Waals surface area contributed by atoms with Gasteiger partial charge in [-0.05, 0) is 35.4 Å². The van der Waals surface area contributed by atoms with Crippen molar-refractivity contribution < 1.29 is 14.2 Å². The fraction of sp³-hybridized carbons (Fsp3) is 0.167. The molecule has 1 aliphatic heterocycles. The van der Waals surface area contributed by atoms with Gasteiger partial charge in [0, 0.05) is 11.3 Å². The Kier molecular flexibility index (Phi) is 5.50. The number of benzene rings is 3. The molecule has 7 heteroatoms. The standard InChI is InChI=1S/C24H21N3O3S/c1-28-20-9-5-6-18(12-20)15-31-24-26-25-23(19-7-3-2-4-8-19)27(24)14-17-10-11-21-22(13-17)30-16-29-21/h2-13H,14-16H2,1H3. The Morgan fingerprint density at radius 1 is 0.903 bits per heavy atom. The molecule has 0 aliphatic carbocycles. The number of fused-ring (bicyclic) bond motifs is 1. The quantitative estimate of drug-likeness (QED) is 0.383. The molecule has 0 unspecified atom stereocenters. The minimum atomic E-state index is 0.266. The van der Waals surface area contributed by atoms with E-state index >= 15 is 0 Å². The fourth-order valence-electron chi connectivity index (χ4n) is 3.47. The van der Waals surface area contributed by atoms with Gasteiger partial charge in [0.15, 0.2) is 22.5 Å². The third-order valence-electron chi connectivity index (χ3n) is 5.03. The van der Waals surface area contributed by atoms with Crippen molar-refractivity contribution in [2.75, 3.05) is 13.9 Å². The monoisotopic (exact) mass is 431 g/mol. The summed E-state index contributed by atoms with van der Waals surface area (Å²) in [4.78, 5) is 0. The number of hydrogen-bond donors (Lipinski definition) is 0. The number of methoxy groups -OCH3 is 1. The summed E-state index contributed by atoms with van der Waals surface area (Å²) in [5, 5.41) is 9.88. The van der Waals surface area contributed by atoms with E-state index in [1.54, 1.807) is 18.9 Å². The minimum absolute atomic E-state index is 0.266. The summed E-state index contributed by atoms with van der Waals surface area (Å²) in [6.07, 6.45) is 0. The highest BCUT2D eigenvalue weighted by molar-refractivity contribution is 7.98. The van der Waals surface area contributed by atoms with Crippen LogP contribution >= 0.6 is 11.8 Å². The average Bonchev–Trinajstić information content (AvgIpc) is 3.45. The summed E-state index contributed by atoms with van der Waals surface area (Å²) >= 11 is 1.66. The van der Waals surface area contributed by atoms with E-state index in [-0.39, 0.29) is 6.79 Å². The van der Waals surface area contributed by atoms with Gasteiger partial charge < -0.3 is 14.2 Å². The Hall–Kier alpha value is -3.45. The first-order chi connectivity index (χ1) is 15.3. The lowest BCUT2D eigenvalue weighted by molar-refractivity contribution is 0.174. The number of nitrogens with zero attached hydrogens (tertiary/aromatic N) is 3. The van der Waals surface area contributed by atoms with Gasteiger partial charge in [0.25, 0.3) is 0 Å². The van der Waals surface area contributed by atoms with Crippen LogP contribution < -0.4 is 14.2 Å². The van der Waals surface area contributed by atoms with Crippen molar-refractivity contribution in [3.8, 4) is 28.6 Å². The number of thioether (sulfide) groups is 1. The van der Waals surface area contributed by atoms with Crippen LogP contribution in [-0.2, 0) is 12.3 Å². The molecule has 0 fully saturated rings. The lowest BCUT2D eigenvalue weighted by Crippen LogP contribution is -2.04. The molecule has 0 N–H and O–H groups in total. The van der Waals surface area contributed by atoms with E-state index < -0.39 is 0 Å². The van der Waals surface area contributed by atoms with Crippen LogP contribution in [0.2, 0.25) is 0 Å². The number of aromatic nitrogens is 3. The highest BCUT2D eigenvalue weighted by Crippen LogP contribution is 2.34. The van der Waals surface area contributed by atoms with Gasteiger partial charge in [-0.1, -0.05) is 60.3 Å². The van der Waals surface area contributed by atoms with Crippen molar-refractivity contribution in [3.63, 3.8) is 0 Å². The minimum Gasteiger partial charge on any atom is -0.497 e. The molecule has 6 nitrogen and oxygen atoms in total. The predicted octanol–water partition coefficient (Wildman–Crippen LogP) is 5.02. The Morgan fingerprint density at radius 2 is 1.77 bits per heavy atom. The Balaban J connectivity index is 1.45. The maximum Gasteiger partial charge on any atom is 0.231 e. The zero-order valence-corrected chi connectivity index (χ0v) is 17.8. The first-order valence-electron chi connectivity index (χ1n) is 9.93. The summed E-state index contributed by atoms with van der Waals surface area (Å²) in [7, 11) is 1.68.